The van der Waals surface area contributed by atoms with Crippen molar-refractivity contribution in [1.82, 2.24) is 10.3 Å². The summed E-state index contributed by atoms with van der Waals surface area (Å²) in [6, 6.07) is 19.9. The van der Waals surface area contributed by atoms with Crippen molar-refractivity contribution in [2.45, 2.75) is 59.8 Å². The lowest BCUT2D eigenvalue weighted by Crippen LogP contribution is -2.25. The summed E-state index contributed by atoms with van der Waals surface area (Å²) in [5.41, 5.74) is 5.33. The number of carboxylic acid groups (broad SMARTS) is 1. The molecule has 1 amide bonds. The van der Waals surface area contributed by atoms with Crippen LogP contribution < -0.4 is 10.1 Å². The zero-order valence-electron chi connectivity index (χ0n) is 23.0. The Morgan fingerprint density at radius 3 is 2.26 bits per heavy atom. The zero-order valence-corrected chi connectivity index (χ0v) is 23.0. The van der Waals surface area contributed by atoms with Gasteiger partial charge in [-0.1, -0.05) is 58.0 Å². The average molecular weight is 517 g/mol. The van der Waals surface area contributed by atoms with Gasteiger partial charge in [0.25, 0.3) is 5.91 Å². The molecule has 202 valence electrons. The molecule has 0 aliphatic carbocycles. The molecule has 0 saturated carbocycles. The van der Waals surface area contributed by atoms with Gasteiger partial charge >= 0.3 is 5.97 Å². The van der Waals surface area contributed by atoms with E-state index >= 15 is 0 Å². The molecule has 0 bridgehead atoms. The van der Waals surface area contributed by atoms with E-state index in [1.165, 1.54) is 11.1 Å². The van der Waals surface area contributed by atoms with Crippen LogP contribution in [0.5, 0.6) is 5.75 Å². The van der Waals surface area contributed by atoms with Crippen LogP contribution in [-0.4, -0.2) is 35.1 Å². The van der Waals surface area contributed by atoms with Crippen LogP contribution in [0.1, 0.15) is 68.4 Å². The lowest BCUT2D eigenvalue weighted by molar-refractivity contribution is -0.136. The Morgan fingerprint density at radius 1 is 0.974 bits per heavy atom. The molecule has 0 aliphatic heterocycles. The topological polar surface area (TPSA) is 88.5 Å². The molecule has 3 rings (SSSR count). The van der Waals surface area contributed by atoms with Crippen molar-refractivity contribution in [2.75, 3.05) is 13.2 Å². The van der Waals surface area contributed by atoms with Crippen LogP contribution in [0.3, 0.4) is 0 Å². The Bertz CT molecular complexity index is 1170. The molecular formula is C32H40N2O4. The highest BCUT2D eigenvalue weighted by molar-refractivity contribution is 5.94. The second-order valence-electron chi connectivity index (χ2n) is 11.1. The predicted molar refractivity (Wildman–Crippen MR) is 151 cm³/mol. The van der Waals surface area contributed by atoms with Gasteiger partial charge in [-0.15, -0.1) is 0 Å². The van der Waals surface area contributed by atoms with E-state index in [0.29, 0.717) is 23.8 Å². The van der Waals surface area contributed by atoms with E-state index in [4.69, 9.17) is 14.8 Å². The van der Waals surface area contributed by atoms with E-state index in [1.54, 1.807) is 24.3 Å². The molecule has 2 N–H and O–H groups in total. The molecule has 6 nitrogen and oxygen atoms in total. The Labute approximate surface area is 226 Å². The van der Waals surface area contributed by atoms with Crippen LogP contribution in [0.15, 0.2) is 66.9 Å². The molecular weight excluding hydrogens is 476 g/mol. The number of nitrogens with one attached hydrogen (secondary N) is 1. The van der Waals surface area contributed by atoms with Crippen LogP contribution in [0.4, 0.5) is 0 Å². The molecule has 0 atom stereocenters. The number of aliphatic carboxylic acids is 1. The number of aromatic nitrogens is 1. The second-order valence-corrected chi connectivity index (χ2v) is 11.1. The smallest absolute Gasteiger partial charge is 0.305 e. The summed E-state index contributed by atoms with van der Waals surface area (Å²) in [5, 5.41) is 11.3. The molecule has 1 aromatic heterocycles. The van der Waals surface area contributed by atoms with Gasteiger partial charge in [0.15, 0.2) is 0 Å². The first-order valence-corrected chi connectivity index (χ1v) is 13.4. The fourth-order valence-corrected chi connectivity index (χ4v) is 4.45. The first-order chi connectivity index (χ1) is 18.1. The van der Waals surface area contributed by atoms with Crippen molar-refractivity contribution in [3.63, 3.8) is 0 Å². The minimum absolute atomic E-state index is 0.0990. The van der Waals surface area contributed by atoms with Crippen LogP contribution in [-0.2, 0) is 17.6 Å². The number of amides is 1. The lowest BCUT2D eigenvalue weighted by Gasteiger charge is -2.24. The van der Waals surface area contributed by atoms with Gasteiger partial charge in [0.1, 0.15) is 5.75 Å². The van der Waals surface area contributed by atoms with E-state index in [9.17, 15) is 9.59 Å². The summed E-state index contributed by atoms with van der Waals surface area (Å²) < 4.78 is 5.87. The van der Waals surface area contributed by atoms with E-state index in [-0.39, 0.29) is 24.3 Å². The van der Waals surface area contributed by atoms with E-state index in [2.05, 4.69) is 69.4 Å². The van der Waals surface area contributed by atoms with Gasteiger partial charge in [0.05, 0.1) is 18.7 Å². The zero-order chi connectivity index (χ0) is 27.5. The summed E-state index contributed by atoms with van der Waals surface area (Å²) >= 11 is 0. The largest absolute Gasteiger partial charge is 0.494 e. The number of carbonyl (C=O) groups is 2. The molecule has 2 aromatic carbocycles. The number of nitrogens with zero attached hydrogens (tertiary/aromatic N) is 1. The van der Waals surface area contributed by atoms with Crippen molar-refractivity contribution in [3.05, 3.63) is 83.6 Å². The summed E-state index contributed by atoms with van der Waals surface area (Å²) in [6.07, 6.45) is 5.86. The van der Waals surface area contributed by atoms with Gasteiger partial charge in [-0.25, -0.2) is 0 Å². The molecule has 6 heteroatoms. The molecule has 0 spiro atoms. The SMILES string of the molecule is CC(C)Cc1ccc(-c2ccc(CC(C)(C)CCCOc3ccc(C(=O)NCCC(=O)O)cc3)cn2)cc1. The fraction of sp³-hybridized carbons (Fsp3) is 0.406. The Balaban J connectivity index is 1.42. The molecule has 0 radical (unpaired) electrons. The molecule has 1 heterocycles. The van der Waals surface area contributed by atoms with E-state index in [0.717, 1.165) is 36.9 Å². The summed E-state index contributed by atoms with van der Waals surface area (Å²) in [5.74, 6) is 0.132. The van der Waals surface area contributed by atoms with Crippen LogP contribution in [0.2, 0.25) is 0 Å². The van der Waals surface area contributed by atoms with Crippen molar-refractivity contribution in [2.24, 2.45) is 11.3 Å². The third-order valence-corrected chi connectivity index (χ3v) is 6.41. The number of ether oxygens (including phenoxy) is 1. The third-order valence-electron chi connectivity index (χ3n) is 6.41. The normalized spacial score (nSPS) is 11.4. The van der Waals surface area contributed by atoms with Gasteiger partial charge in [-0.05, 0) is 78.5 Å². The monoisotopic (exact) mass is 516 g/mol. The van der Waals surface area contributed by atoms with Crippen LogP contribution >= 0.6 is 0 Å². The minimum Gasteiger partial charge on any atom is -0.494 e. The van der Waals surface area contributed by atoms with Gasteiger partial charge in [0.2, 0.25) is 0 Å². The fourth-order valence-electron chi connectivity index (χ4n) is 4.45. The van der Waals surface area contributed by atoms with Crippen LogP contribution in [0, 0.1) is 11.3 Å². The highest BCUT2D eigenvalue weighted by atomic mass is 16.5. The summed E-state index contributed by atoms with van der Waals surface area (Å²) in [6.45, 7) is 9.71. The highest BCUT2D eigenvalue weighted by Crippen LogP contribution is 2.28. The predicted octanol–water partition coefficient (Wildman–Crippen LogP) is 6.58. The summed E-state index contributed by atoms with van der Waals surface area (Å²) in [4.78, 5) is 27.3. The molecule has 38 heavy (non-hydrogen) atoms. The Hall–Kier alpha value is -3.67. The maximum absolute atomic E-state index is 12.0. The maximum atomic E-state index is 12.0. The van der Waals surface area contributed by atoms with E-state index in [1.807, 2.05) is 6.20 Å². The van der Waals surface area contributed by atoms with Gasteiger partial charge < -0.3 is 15.2 Å². The van der Waals surface area contributed by atoms with Crippen molar-refractivity contribution in [3.8, 4) is 17.0 Å². The van der Waals surface area contributed by atoms with Gasteiger partial charge in [0, 0.05) is 23.9 Å². The van der Waals surface area contributed by atoms with Crippen molar-refractivity contribution in [1.29, 1.82) is 0 Å². The van der Waals surface area contributed by atoms with Gasteiger partial charge in [-0.3, -0.25) is 14.6 Å². The Kier molecular flexibility index (Phi) is 10.5. The quantitative estimate of drug-likeness (QED) is 0.236. The standard InChI is InChI=1S/C32H40N2O4/c1-23(2)20-24-6-9-26(10-7-24)29-15-8-25(22-34-29)21-32(3,4)17-5-19-38-28-13-11-27(12-14-28)31(37)33-18-16-30(35)36/h6-15,22-23H,5,16-21H2,1-4H3,(H,33,37)(H,35,36). The average Bonchev–Trinajstić information content (AvgIpc) is 2.87. The number of pyridine rings is 1. The minimum atomic E-state index is -0.939. The first-order valence-electron chi connectivity index (χ1n) is 13.4. The van der Waals surface area contributed by atoms with E-state index < -0.39 is 5.97 Å². The molecule has 0 unspecified atom stereocenters. The van der Waals surface area contributed by atoms with Crippen LogP contribution in [0.25, 0.3) is 11.3 Å². The molecule has 0 aliphatic rings. The number of carboxylic acids is 1. The Morgan fingerprint density at radius 2 is 1.66 bits per heavy atom. The molecule has 3 aromatic rings. The number of rotatable bonds is 14. The second kappa shape index (κ2) is 13.8. The number of benzene rings is 2. The van der Waals surface area contributed by atoms with Crippen molar-refractivity contribution >= 4 is 11.9 Å². The lowest BCUT2D eigenvalue weighted by atomic mass is 9.82. The summed E-state index contributed by atoms with van der Waals surface area (Å²) in [7, 11) is 0. The highest BCUT2D eigenvalue weighted by Gasteiger charge is 2.19. The first kappa shape index (κ1) is 28.9. The van der Waals surface area contributed by atoms with Crippen molar-refractivity contribution < 1.29 is 19.4 Å². The molecule has 0 fully saturated rings. The third kappa shape index (κ3) is 9.66. The molecule has 0 saturated heterocycles. The number of hydrogen-bond donors (Lipinski definition) is 2. The number of hydrogen-bond acceptors (Lipinski definition) is 4. The van der Waals surface area contributed by atoms with Gasteiger partial charge in [-0.2, -0.15) is 0 Å². The maximum Gasteiger partial charge on any atom is 0.305 e. The number of carbonyl (C=O) groups excluding carboxylic acids is 1.